The van der Waals surface area contributed by atoms with Gasteiger partial charge in [0.25, 0.3) is 0 Å². The van der Waals surface area contributed by atoms with Crippen molar-refractivity contribution < 1.29 is 4.79 Å². The maximum absolute atomic E-state index is 12.2. The van der Waals surface area contributed by atoms with Gasteiger partial charge in [0.05, 0.1) is 0 Å². The maximum Gasteiger partial charge on any atom is 0.246 e. The summed E-state index contributed by atoms with van der Waals surface area (Å²) >= 11 is 0. The van der Waals surface area contributed by atoms with Crippen LogP contribution in [0.1, 0.15) is 66.2 Å². The minimum atomic E-state index is 0.186. The number of hydrogen-bond acceptors (Lipinski definition) is 1. The molecule has 3 saturated carbocycles. The number of carbonyl (C=O) groups is 1. The summed E-state index contributed by atoms with van der Waals surface area (Å²) in [5.74, 6) is 4.41. The molecule has 0 radical (unpaired) electrons. The third kappa shape index (κ3) is 1.98. The third-order valence-electron chi connectivity index (χ3n) is 9.19. The number of nitrogens with zero attached hydrogens (tertiary/aromatic N) is 1. The van der Waals surface area contributed by atoms with E-state index in [9.17, 15) is 4.79 Å². The number of carbonyl (C=O) groups excluding carboxylic acids is 1. The van der Waals surface area contributed by atoms with Crippen LogP contribution in [0.4, 0.5) is 0 Å². The van der Waals surface area contributed by atoms with Crippen LogP contribution in [0, 0.1) is 40.4 Å². The molecule has 3 fully saturated rings. The first-order chi connectivity index (χ1) is 11.3. The van der Waals surface area contributed by atoms with Crippen molar-refractivity contribution in [1.29, 1.82) is 0 Å². The van der Waals surface area contributed by atoms with Crippen LogP contribution in [-0.2, 0) is 4.79 Å². The monoisotopic (exact) mass is 329 g/mol. The molecule has 4 aliphatic rings. The van der Waals surface area contributed by atoms with Gasteiger partial charge in [0.1, 0.15) is 0 Å². The van der Waals surface area contributed by atoms with Gasteiger partial charge in [-0.3, -0.25) is 4.79 Å². The van der Waals surface area contributed by atoms with Crippen LogP contribution in [0.25, 0.3) is 0 Å². The van der Waals surface area contributed by atoms with E-state index in [4.69, 9.17) is 0 Å². The molecule has 0 aromatic carbocycles. The molecule has 8 atom stereocenters. The Kier molecular flexibility index (Phi) is 3.72. The maximum atomic E-state index is 12.2. The zero-order valence-corrected chi connectivity index (χ0v) is 16.2. The standard InChI is InChI=1S/C22H35NO/c1-6-15-7-8-16-20-14(2)13-18-22(4,12-10-19(24)23(18)5)17(20)9-11-21(15,16)3/h10,12,14-18,20H,6-9,11,13H2,1-5H3/t14-,15-,16-,17-,18+,20-,21+,22+/m0/s1. The normalized spacial score (nSPS) is 53.5. The van der Waals surface area contributed by atoms with Crippen molar-refractivity contribution in [1.82, 2.24) is 4.90 Å². The zero-order valence-electron chi connectivity index (χ0n) is 16.2. The SMILES string of the molecule is CC[C@H]1CC[C@H]2[C@@H]3[C@@H](C)C[C@H]4N(C)C(=O)C=C[C@]4(C)[C@H]3CC[C@]12C. The zero-order chi connectivity index (χ0) is 17.3. The van der Waals surface area contributed by atoms with E-state index in [0.29, 0.717) is 11.5 Å². The summed E-state index contributed by atoms with van der Waals surface area (Å²) in [6, 6.07) is 0.402. The molecule has 4 rings (SSSR count). The fourth-order valence-corrected chi connectivity index (χ4v) is 7.84. The first kappa shape index (κ1) is 16.7. The lowest BCUT2D eigenvalue weighted by atomic mass is 9.45. The topological polar surface area (TPSA) is 20.3 Å². The number of likely N-dealkylation sites (N-methyl/N-ethyl adjacent to an activating group) is 1. The fourth-order valence-electron chi connectivity index (χ4n) is 7.84. The molecule has 1 amide bonds. The lowest BCUT2D eigenvalue weighted by molar-refractivity contribution is -0.144. The second kappa shape index (κ2) is 5.35. The summed E-state index contributed by atoms with van der Waals surface area (Å²) in [5, 5.41) is 0. The summed E-state index contributed by atoms with van der Waals surface area (Å²) in [7, 11) is 2.03. The summed E-state index contributed by atoms with van der Waals surface area (Å²) in [4.78, 5) is 14.3. The highest BCUT2D eigenvalue weighted by atomic mass is 16.2. The van der Waals surface area contributed by atoms with Crippen molar-refractivity contribution in [3.05, 3.63) is 12.2 Å². The minimum Gasteiger partial charge on any atom is -0.338 e. The van der Waals surface area contributed by atoms with E-state index in [1.807, 2.05) is 18.0 Å². The Bertz CT molecular complexity index is 568. The molecular formula is C22H35NO. The molecule has 0 saturated heterocycles. The highest BCUT2D eigenvalue weighted by molar-refractivity contribution is 5.89. The summed E-state index contributed by atoms with van der Waals surface area (Å²) in [6.07, 6.45) is 12.4. The Morgan fingerprint density at radius 2 is 1.96 bits per heavy atom. The lowest BCUT2D eigenvalue weighted by Gasteiger charge is -2.62. The van der Waals surface area contributed by atoms with Crippen LogP contribution in [0.5, 0.6) is 0 Å². The van der Waals surface area contributed by atoms with Gasteiger partial charge in [0, 0.05) is 18.5 Å². The molecule has 1 heterocycles. The molecule has 3 aliphatic carbocycles. The van der Waals surface area contributed by atoms with Gasteiger partial charge in [-0.05, 0) is 73.2 Å². The van der Waals surface area contributed by atoms with Gasteiger partial charge >= 0.3 is 0 Å². The third-order valence-corrected chi connectivity index (χ3v) is 9.19. The van der Waals surface area contributed by atoms with E-state index in [-0.39, 0.29) is 11.3 Å². The van der Waals surface area contributed by atoms with Gasteiger partial charge in [0.2, 0.25) is 5.91 Å². The Morgan fingerprint density at radius 3 is 2.67 bits per heavy atom. The molecule has 0 aromatic rings. The quantitative estimate of drug-likeness (QED) is 0.670. The number of rotatable bonds is 1. The number of hydrogen-bond donors (Lipinski definition) is 0. The smallest absolute Gasteiger partial charge is 0.246 e. The van der Waals surface area contributed by atoms with Crippen molar-refractivity contribution in [3.8, 4) is 0 Å². The minimum absolute atomic E-state index is 0.186. The van der Waals surface area contributed by atoms with Crippen molar-refractivity contribution in [3.63, 3.8) is 0 Å². The Balaban J connectivity index is 1.72. The van der Waals surface area contributed by atoms with Crippen LogP contribution < -0.4 is 0 Å². The van der Waals surface area contributed by atoms with E-state index in [1.54, 1.807) is 0 Å². The fraction of sp³-hybridized carbons (Fsp3) is 0.864. The Hall–Kier alpha value is -0.790. The van der Waals surface area contributed by atoms with Crippen LogP contribution in [0.2, 0.25) is 0 Å². The predicted molar refractivity (Wildman–Crippen MR) is 98.4 cm³/mol. The summed E-state index contributed by atoms with van der Waals surface area (Å²) in [5.41, 5.74) is 0.763. The molecule has 0 bridgehead atoms. The van der Waals surface area contributed by atoms with Crippen LogP contribution >= 0.6 is 0 Å². The Labute approximate surface area is 148 Å². The van der Waals surface area contributed by atoms with Crippen molar-refractivity contribution in [2.24, 2.45) is 40.4 Å². The van der Waals surface area contributed by atoms with E-state index >= 15 is 0 Å². The van der Waals surface area contributed by atoms with E-state index in [2.05, 4.69) is 33.8 Å². The Morgan fingerprint density at radius 1 is 1.21 bits per heavy atom. The van der Waals surface area contributed by atoms with Crippen molar-refractivity contribution >= 4 is 5.91 Å². The molecule has 0 N–H and O–H groups in total. The van der Waals surface area contributed by atoms with Gasteiger partial charge in [-0.1, -0.05) is 40.2 Å². The van der Waals surface area contributed by atoms with Gasteiger partial charge in [-0.25, -0.2) is 0 Å². The average Bonchev–Trinajstić information content (AvgIpc) is 2.90. The van der Waals surface area contributed by atoms with Crippen LogP contribution in [-0.4, -0.2) is 23.9 Å². The first-order valence-corrected chi connectivity index (χ1v) is 10.3. The van der Waals surface area contributed by atoms with Gasteiger partial charge in [0.15, 0.2) is 0 Å². The average molecular weight is 330 g/mol. The summed E-state index contributed by atoms with van der Waals surface area (Å²) < 4.78 is 0. The van der Waals surface area contributed by atoms with E-state index in [0.717, 1.165) is 29.6 Å². The molecule has 2 heteroatoms. The van der Waals surface area contributed by atoms with Crippen molar-refractivity contribution in [2.45, 2.75) is 72.3 Å². The molecule has 134 valence electrons. The summed E-state index contributed by atoms with van der Waals surface area (Å²) in [6.45, 7) is 9.95. The second-order valence-corrected chi connectivity index (χ2v) is 9.89. The molecule has 0 unspecified atom stereocenters. The van der Waals surface area contributed by atoms with E-state index < -0.39 is 0 Å². The highest BCUT2D eigenvalue weighted by Gasteiger charge is 2.61. The molecule has 1 aliphatic heterocycles. The first-order valence-electron chi connectivity index (χ1n) is 10.3. The molecular weight excluding hydrogens is 294 g/mol. The van der Waals surface area contributed by atoms with E-state index in [1.165, 1.54) is 38.5 Å². The largest absolute Gasteiger partial charge is 0.338 e. The second-order valence-electron chi connectivity index (χ2n) is 9.89. The highest BCUT2D eigenvalue weighted by Crippen LogP contribution is 2.66. The van der Waals surface area contributed by atoms with Gasteiger partial charge < -0.3 is 4.90 Å². The van der Waals surface area contributed by atoms with Crippen LogP contribution in [0.15, 0.2) is 12.2 Å². The number of fused-ring (bicyclic) bond motifs is 5. The van der Waals surface area contributed by atoms with Gasteiger partial charge in [-0.15, -0.1) is 0 Å². The molecule has 2 nitrogen and oxygen atoms in total. The predicted octanol–water partition coefficient (Wildman–Crippen LogP) is 4.90. The molecule has 0 spiro atoms. The lowest BCUT2D eigenvalue weighted by Crippen LogP contribution is -2.61. The molecule has 0 aromatic heterocycles. The molecule has 24 heavy (non-hydrogen) atoms. The van der Waals surface area contributed by atoms with Crippen molar-refractivity contribution in [2.75, 3.05) is 7.05 Å². The van der Waals surface area contributed by atoms with Gasteiger partial charge in [-0.2, -0.15) is 0 Å². The van der Waals surface area contributed by atoms with Crippen LogP contribution in [0.3, 0.4) is 0 Å². The number of amides is 1.